The van der Waals surface area contributed by atoms with Crippen molar-refractivity contribution < 1.29 is 4.79 Å². The van der Waals surface area contributed by atoms with Gasteiger partial charge in [0.05, 0.1) is 5.41 Å². The molecule has 1 heterocycles. The van der Waals surface area contributed by atoms with Crippen molar-refractivity contribution in [1.29, 1.82) is 0 Å². The minimum absolute atomic E-state index is 0.170. The van der Waals surface area contributed by atoms with Gasteiger partial charge in [0.15, 0.2) is 0 Å². The molecular formula is C12H20N2O. The van der Waals surface area contributed by atoms with Gasteiger partial charge in [0.1, 0.15) is 0 Å². The number of rotatable bonds is 5. The molecule has 3 heteroatoms. The fourth-order valence-corrected chi connectivity index (χ4v) is 1.98. The Bertz CT molecular complexity index is 249. The molecule has 0 aromatic carbocycles. The molecule has 1 saturated heterocycles. The van der Waals surface area contributed by atoms with Crippen LogP contribution in [0.25, 0.3) is 0 Å². The van der Waals surface area contributed by atoms with E-state index in [0.717, 1.165) is 38.8 Å². The van der Waals surface area contributed by atoms with Gasteiger partial charge in [0.2, 0.25) is 5.91 Å². The first-order valence-corrected chi connectivity index (χ1v) is 5.67. The molecule has 0 aliphatic carbocycles. The lowest BCUT2D eigenvalue weighted by molar-refractivity contribution is -0.130. The summed E-state index contributed by atoms with van der Waals surface area (Å²) in [4.78, 5) is 12.0. The van der Waals surface area contributed by atoms with Crippen LogP contribution >= 0.6 is 0 Å². The molecule has 1 fully saturated rings. The number of amides is 1. The second-order valence-electron chi connectivity index (χ2n) is 4.12. The van der Waals surface area contributed by atoms with Crippen LogP contribution in [-0.2, 0) is 4.79 Å². The zero-order valence-electron chi connectivity index (χ0n) is 9.44. The number of unbranched alkanes of at least 4 members (excludes halogenated alkanes) is 1. The van der Waals surface area contributed by atoms with E-state index >= 15 is 0 Å². The zero-order chi connectivity index (χ0) is 11.1. The van der Waals surface area contributed by atoms with Crippen LogP contribution in [0.5, 0.6) is 0 Å². The maximum atomic E-state index is 12.0. The molecular weight excluding hydrogens is 188 g/mol. The van der Waals surface area contributed by atoms with E-state index in [2.05, 4.69) is 23.5 Å². The minimum atomic E-state index is -0.170. The number of terminal acetylenes is 1. The van der Waals surface area contributed by atoms with Gasteiger partial charge in [0, 0.05) is 19.5 Å². The fourth-order valence-electron chi connectivity index (χ4n) is 1.98. The van der Waals surface area contributed by atoms with Crippen molar-refractivity contribution in [2.24, 2.45) is 5.41 Å². The van der Waals surface area contributed by atoms with Crippen molar-refractivity contribution >= 4 is 5.91 Å². The van der Waals surface area contributed by atoms with Crippen LogP contribution < -0.4 is 10.6 Å². The lowest BCUT2D eigenvalue weighted by atomic mass is 9.83. The number of carbonyl (C=O) groups is 1. The molecule has 3 nitrogen and oxygen atoms in total. The molecule has 0 spiro atoms. The quantitative estimate of drug-likeness (QED) is 0.521. The van der Waals surface area contributed by atoms with E-state index < -0.39 is 0 Å². The Kier molecular flexibility index (Phi) is 4.64. The molecule has 0 aromatic heterocycles. The van der Waals surface area contributed by atoms with Gasteiger partial charge >= 0.3 is 0 Å². The lowest BCUT2D eigenvalue weighted by Crippen LogP contribution is -2.42. The highest BCUT2D eigenvalue weighted by molar-refractivity contribution is 5.83. The summed E-state index contributed by atoms with van der Waals surface area (Å²) in [7, 11) is 0. The lowest BCUT2D eigenvalue weighted by Gasteiger charge is -2.25. The SMILES string of the molecule is C#CCCCNC(=O)C1(CC)CCNC1. The van der Waals surface area contributed by atoms with Gasteiger partial charge in [-0.1, -0.05) is 6.92 Å². The average molecular weight is 208 g/mol. The Hall–Kier alpha value is -1.01. The standard InChI is InChI=1S/C12H20N2O/c1-3-5-6-8-14-11(15)12(4-2)7-9-13-10-12/h1,13H,4-10H2,2H3,(H,14,15). The Morgan fingerprint density at radius 2 is 2.47 bits per heavy atom. The molecule has 1 amide bonds. The normalized spacial score (nSPS) is 24.8. The van der Waals surface area contributed by atoms with Crippen LogP contribution in [0.1, 0.15) is 32.6 Å². The molecule has 1 atom stereocenters. The Morgan fingerprint density at radius 1 is 1.67 bits per heavy atom. The van der Waals surface area contributed by atoms with Gasteiger partial charge in [-0.05, 0) is 25.8 Å². The van der Waals surface area contributed by atoms with Crippen LogP contribution in [0.3, 0.4) is 0 Å². The Labute approximate surface area is 92.0 Å². The average Bonchev–Trinajstić information content (AvgIpc) is 2.74. The fraction of sp³-hybridized carbons (Fsp3) is 0.750. The van der Waals surface area contributed by atoms with E-state index in [1.165, 1.54) is 0 Å². The number of nitrogens with one attached hydrogen (secondary N) is 2. The topological polar surface area (TPSA) is 41.1 Å². The number of carbonyl (C=O) groups excluding carboxylic acids is 1. The summed E-state index contributed by atoms with van der Waals surface area (Å²) in [6.45, 7) is 4.54. The molecule has 1 aliphatic rings. The largest absolute Gasteiger partial charge is 0.356 e. The van der Waals surface area contributed by atoms with Crippen LogP contribution in [0.15, 0.2) is 0 Å². The van der Waals surface area contributed by atoms with Gasteiger partial charge < -0.3 is 10.6 Å². The maximum Gasteiger partial charge on any atom is 0.227 e. The highest BCUT2D eigenvalue weighted by Gasteiger charge is 2.38. The number of hydrogen-bond acceptors (Lipinski definition) is 2. The first kappa shape index (κ1) is 12.1. The molecule has 0 radical (unpaired) electrons. The van der Waals surface area contributed by atoms with Gasteiger partial charge in [-0.3, -0.25) is 4.79 Å². The smallest absolute Gasteiger partial charge is 0.227 e. The summed E-state index contributed by atoms with van der Waals surface area (Å²) >= 11 is 0. The molecule has 0 bridgehead atoms. The van der Waals surface area contributed by atoms with Crippen molar-refractivity contribution in [2.75, 3.05) is 19.6 Å². The van der Waals surface area contributed by atoms with E-state index in [1.54, 1.807) is 0 Å². The van der Waals surface area contributed by atoms with Crippen molar-refractivity contribution in [3.63, 3.8) is 0 Å². The first-order valence-electron chi connectivity index (χ1n) is 5.67. The molecule has 0 aromatic rings. The Balaban J connectivity index is 2.34. The van der Waals surface area contributed by atoms with Gasteiger partial charge in [-0.15, -0.1) is 12.3 Å². The summed E-state index contributed by atoms with van der Waals surface area (Å²) in [5.41, 5.74) is -0.170. The second-order valence-corrected chi connectivity index (χ2v) is 4.12. The van der Waals surface area contributed by atoms with Crippen molar-refractivity contribution in [2.45, 2.75) is 32.6 Å². The van der Waals surface area contributed by atoms with E-state index in [4.69, 9.17) is 6.42 Å². The third kappa shape index (κ3) is 2.97. The molecule has 2 N–H and O–H groups in total. The molecule has 84 valence electrons. The monoisotopic (exact) mass is 208 g/mol. The van der Waals surface area contributed by atoms with E-state index in [9.17, 15) is 4.79 Å². The summed E-state index contributed by atoms with van der Waals surface area (Å²) in [6.07, 6.45) is 8.60. The van der Waals surface area contributed by atoms with Gasteiger partial charge in [-0.25, -0.2) is 0 Å². The van der Waals surface area contributed by atoms with E-state index in [-0.39, 0.29) is 11.3 Å². The van der Waals surface area contributed by atoms with E-state index in [1.807, 2.05) is 0 Å². The van der Waals surface area contributed by atoms with Crippen molar-refractivity contribution in [3.05, 3.63) is 0 Å². The third-order valence-electron chi connectivity index (χ3n) is 3.19. The molecule has 1 rings (SSSR count). The van der Waals surface area contributed by atoms with Crippen LogP contribution in [0, 0.1) is 17.8 Å². The number of hydrogen-bond donors (Lipinski definition) is 2. The minimum Gasteiger partial charge on any atom is -0.356 e. The van der Waals surface area contributed by atoms with Crippen LogP contribution in [0.2, 0.25) is 0 Å². The van der Waals surface area contributed by atoms with E-state index in [0.29, 0.717) is 6.54 Å². The predicted molar refractivity (Wildman–Crippen MR) is 61.3 cm³/mol. The van der Waals surface area contributed by atoms with Crippen LogP contribution in [-0.4, -0.2) is 25.5 Å². The predicted octanol–water partition coefficient (Wildman–Crippen LogP) is 0.906. The third-order valence-corrected chi connectivity index (χ3v) is 3.19. The Morgan fingerprint density at radius 3 is 3.00 bits per heavy atom. The summed E-state index contributed by atoms with van der Waals surface area (Å²) in [5.74, 6) is 2.76. The highest BCUT2D eigenvalue weighted by Crippen LogP contribution is 2.29. The summed E-state index contributed by atoms with van der Waals surface area (Å²) in [5, 5.41) is 6.23. The van der Waals surface area contributed by atoms with Crippen molar-refractivity contribution in [3.8, 4) is 12.3 Å². The second kappa shape index (κ2) is 5.77. The zero-order valence-corrected chi connectivity index (χ0v) is 9.44. The highest BCUT2D eigenvalue weighted by atomic mass is 16.2. The molecule has 15 heavy (non-hydrogen) atoms. The molecule has 1 aliphatic heterocycles. The van der Waals surface area contributed by atoms with Crippen LogP contribution in [0.4, 0.5) is 0 Å². The summed E-state index contributed by atoms with van der Waals surface area (Å²) in [6, 6.07) is 0. The molecule has 0 saturated carbocycles. The first-order chi connectivity index (χ1) is 7.25. The summed E-state index contributed by atoms with van der Waals surface area (Å²) < 4.78 is 0. The van der Waals surface area contributed by atoms with Crippen molar-refractivity contribution in [1.82, 2.24) is 10.6 Å². The maximum absolute atomic E-state index is 12.0. The van der Waals surface area contributed by atoms with Gasteiger partial charge in [-0.2, -0.15) is 0 Å². The molecule has 1 unspecified atom stereocenters. The van der Waals surface area contributed by atoms with Gasteiger partial charge in [0.25, 0.3) is 0 Å².